The molecule has 0 aliphatic heterocycles. The Morgan fingerprint density at radius 3 is 2.74 bits per heavy atom. The average molecular weight is 257 g/mol. The van der Waals surface area contributed by atoms with Crippen molar-refractivity contribution in [1.29, 1.82) is 0 Å². The number of fused-ring (bicyclic) bond motifs is 1. The smallest absolute Gasteiger partial charge is 0.270 e. The van der Waals surface area contributed by atoms with Crippen LogP contribution >= 0.6 is 0 Å². The molecule has 0 unspecified atom stereocenters. The molecule has 0 saturated heterocycles. The molecule has 0 fully saturated rings. The number of carbonyl (C=O) groups is 1. The van der Waals surface area contributed by atoms with E-state index in [1.54, 1.807) is 6.07 Å². The third-order valence-electron chi connectivity index (χ3n) is 3.32. The van der Waals surface area contributed by atoms with Crippen LogP contribution in [0.25, 0.3) is 10.9 Å². The topological polar surface area (TPSA) is 68.0 Å². The fourth-order valence-corrected chi connectivity index (χ4v) is 1.78. The summed E-state index contributed by atoms with van der Waals surface area (Å²) in [4.78, 5) is 16.5. The third-order valence-corrected chi connectivity index (χ3v) is 3.32. The molecule has 0 atom stereocenters. The minimum Gasteiger partial charge on any atom is -0.398 e. The van der Waals surface area contributed by atoms with E-state index in [2.05, 4.69) is 10.3 Å². The highest BCUT2D eigenvalue weighted by atomic mass is 16.2. The van der Waals surface area contributed by atoms with Gasteiger partial charge < -0.3 is 11.1 Å². The summed E-state index contributed by atoms with van der Waals surface area (Å²) in [5, 5.41) is 3.83. The maximum absolute atomic E-state index is 12.2. The fourth-order valence-electron chi connectivity index (χ4n) is 1.78. The summed E-state index contributed by atoms with van der Waals surface area (Å²) in [5.41, 5.74) is 7.39. The zero-order valence-corrected chi connectivity index (χ0v) is 11.5. The Bertz CT molecular complexity index is 620. The summed E-state index contributed by atoms with van der Waals surface area (Å²) in [7, 11) is 0. The lowest BCUT2D eigenvalue weighted by Crippen LogP contribution is -2.43. The molecule has 4 heteroatoms. The van der Waals surface area contributed by atoms with Gasteiger partial charge in [-0.1, -0.05) is 25.1 Å². The number of nitrogen functional groups attached to an aromatic ring is 1. The Hall–Kier alpha value is -2.10. The molecule has 0 aliphatic rings. The number of benzene rings is 1. The Morgan fingerprint density at radius 2 is 2.05 bits per heavy atom. The number of hydrogen-bond donors (Lipinski definition) is 2. The molecule has 19 heavy (non-hydrogen) atoms. The molecular formula is C15H19N3O. The molecular weight excluding hydrogens is 238 g/mol. The second-order valence-corrected chi connectivity index (χ2v) is 5.31. The zero-order chi connectivity index (χ0) is 14.0. The molecule has 100 valence electrons. The van der Waals surface area contributed by atoms with E-state index in [0.29, 0.717) is 11.4 Å². The first kappa shape index (κ1) is 13.3. The number of aromatic nitrogens is 1. The predicted octanol–water partition coefficient (Wildman–Crippen LogP) is 2.74. The molecule has 0 aliphatic carbocycles. The van der Waals surface area contributed by atoms with E-state index < -0.39 is 0 Å². The van der Waals surface area contributed by atoms with Crippen LogP contribution in [-0.2, 0) is 0 Å². The minimum absolute atomic E-state index is 0.190. The third kappa shape index (κ3) is 2.84. The quantitative estimate of drug-likeness (QED) is 0.888. The van der Waals surface area contributed by atoms with Gasteiger partial charge in [-0.2, -0.15) is 0 Å². The van der Waals surface area contributed by atoms with Crippen LogP contribution in [0.2, 0.25) is 0 Å². The Labute approximate surface area is 113 Å². The van der Waals surface area contributed by atoms with E-state index in [4.69, 9.17) is 5.73 Å². The number of nitrogens with one attached hydrogen (secondary N) is 1. The zero-order valence-electron chi connectivity index (χ0n) is 11.5. The van der Waals surface area contributed by atoms with E-state index in [1.807, 2.05) is 45.0 Å². The second kappa shape index (κ2) is 4.88. The van der Waals surface area contributed by atoms with Gasteiger partial charge in [0.1, 0.15) is 5.69 Å². The highest BCUT2D eigenvalue weighted by Crippen LogP contribution is 2.20. The van der Waals surface area contributed by atoms with E-state index >= 15 is 0 Å². The lowest BCUT2D eigenvalue weighted by Gasteiger charge is -2.24. The molecule has 1 aromatic carbocycles. The van der Waals surface area contributed by atoms with Crippen LogP contribution in [0.3, 0.4) is 0 Å². The first-order valence-electron chi connectivity index (χ1n) is 6.41. The maximum atomic E-state index is 12.2. The number of hydrogen-bond acceptors (Lipinski definition) is 3. The van der Waals surface area contributed by atoms with Gasteiger partial charge in [0.15, 0.2) is 0 Å². The maximum Gasteiger partial charge on any atom is 0.270 e. The van der Waals surface area contributed by atoms with Crippen LogP contribution in [0.4, 0.5) is 5.69 Å². The molecule has 0 radical (unpaired) electrons. The molecule has 0 saturated carbocycles. The highest BCUT2D eigenvalue weighted by molar-refractivity contribution is 5.99. The van der Waals surface area contributed by atoms with Gasteiger partial charge >= 0.3 is 0 Å². The summed E-state index contributed by atoms with van der Waals surface area (Å²) in [6.07, 6.45) is 0.849. The number of para-hydroxylation sites is 1. The molecule has 2 rings (SSSR count). The van der Waals surface area contributed by atoms with Crippen LogP contribution in [0, 0.1) is 0 Å². The molecule has 4 nitrogen and oxygen atoms in total. The van der Waals surface area contributed by atoms with Crippen molar-refractivity contribution in [2.45, 2.75) is 32.7 Å². The Morgan fingerprint density at radius 1 is 1.37 bits per heavy atom. The normalized spacial score (nSPS) is 11.5. The predicted molar refractivity (Wildman–Crippen MR) is 78.0 cm³/mol. The first-order chi connectivity index (χ1) is 8.93. The van der Waals surface area contributed by atoms with Crippen molar-refractivity contribution < 1.29 is 4.79 Å². The summed E-state index contributed by atoms with van der Waals surface area (Å²) in [5.74, 6) is -0.190. The number of amides is 1. The standard InChI is InChI=1S/C15H19N3O/c1-4-15(2,3)18-14(19)13-9-11(16)10-7-5-6-8-12(10)17-13/h5-9H,4H2,1-3H3,(H2,16,17)(H,18,19). The van der Waals surface area contributed by atoms with Crippen molar-refractivity contribution in [2.24, 2.45) is 0 Å². The van der Waals surface area contributed by atoms with Crippen molar-refractivity contribution in [2.75, 3.05) is 5.73 Å². The monoisotopic (exact) mass is 257 g/mol. The molecule has 1 heterocycles. The molecule has 1 amide bonds. The van der Waals surface area contributed by atoms with Gasteiger partial charge in [-0.3, -0.25) is 4.79 Å². The van der Waals surface area contributed by atoms with Crippen LogP contribution in [0.15, 0.2) is 30.3 Å². The molecule has 0 spiro atoms. The molecule has 1 aromatic heterocycles. The van der Waals surface area contributed by atoms with Gasteiger partial charge in [0, 0.05) is 16.6 Å². The fraction of sp³-hybridized carbons (Fsp3) is 0.333. The Kier molecular flexibility index (Phi) is 3.42. The summed E-state index contributed by atoms with van der Waals surface area (Å²) in [6.45, 7) is 5.99. The number of rotatable bonds is 3. The number of nitrogens with two attached hydrogens (primary N) is 1. The lowest BCUT2D eigenvalue weighted by molar-refractivity contribution is 0.0906. The van der Waals surface area contributed by atoms with E-state index in [1.165, 1.54) is 0 Å². The number of carbonyl (C=O) groups excluding carboxylic acids is 1. The summed E-state index contributed by atoms with van der Waals surface area (Å²) >= 11 is 0. The number of nitrogens with zero attached hydrogens (tertiary/aromatic N) is 1. The largest absolute Gasteiger partial charge is 0.398 e. The van der Waals surface area contributed by atoms with Crippen molar-refractivity contribution in [3.63, 3.8) is 0 Å². The van der Waals surface area contributed by atoms with Crippen molar-refractivity contribution in [3.05, 3.63) is 36.0 Å². The van der Waals surface area contributed by atoms with Gasteiger partial charge in [0.05, 0.1) is 5.52 Å². The SMILES string of the molecule is CCC(C)(C)NC(=O)c1cc(N)c2ccccc2n1. The Balaban J connectivity index is 2.38. The van der Waals surface area contributed by atoms with E-state index in [9.17, 15) is 4.79 Å². The highest BCUT2D eigenvalue weighted by Gasteiger charge is 2.20. The molecule has 2 aromatic rings. The van der Waals surface area contributed by atoms with Gasteiger partial charge in [0.25, 0.3) is 5.91 Å². The number of anilines is 1. The van der Waals surface area contributed by atoms with Gasteiger partial charge in [-0.15, -0.1) is 0 Å². The van der Waals surface area contributed by atoms with Gasteiger partial charge in [-0.05, 0) is 32.4 Å². The van der Waals surface area contributed by atoms with E-state index in [0.717, 1.165) is 17.3 Å². The minimum atomic E-state index is -0.251. The summed E-state index contributed by atoms with van der Waals surface area (Å²) < 4.78 is 0. The van der Waals surface area contributed by atoms with Crippen LogP contribution in [0.1, 0.15) is 37.7 Å². The molecule has 3 N–H and O–H groups in total. The van der Waals surface area contributed by atoms with Crippen molar-refractivity contribution >= 4 is 22.5 Å². The van der Waals surface area contributed by atoms with Crippen LogP contribution < -0.4 is 11.1 Å². The summed E-state index contributed by atoms with van der Waals surface area (Å²) in [6, 6.07) is 9.17. The van der Waals surface area contributed by atoms with Crippen LogP contribution in [0.5, 0.6) is 0 Å². The average Bonchev–Trinajstić information content (AvgIpc) is 2.38. The van der Waals surface area contributed by atoms with E-state index in [-0.39, 0.29) is 11.4 Å². The van der Waals surface area contributed by atoms with Crippen molar-refractivity contribution in [3.8, 4) is 0 Å². The molecule has 0 bridgehead atoms. The lowest BCUT2D eigenvalue weighted by atomic mass is 10.0. The first-order valence-corrected chi connectivity index (χ1v) is 6.41. The van der Waals surface area contributed by atoms with Crippen molar-refractivity contribution in [1.82, 2.24) is 10.3 Å². The second-order valence-electron chi connectivity index (χ2n) is 5.31. The van der Waals surface area contributed by atoms with Gasteiger partial charge in [-0.25, -0.2) is 4.98 Å². The number of pyridine rings is 1. The van der Waals surface area contributed by atoms with Crippen LogP contribution in [-0.4, -0.2) is 16.4 Å². The van der Waals surface area contributed by atoms with Gasteiger partial charge in [0.2, 0.25) is 0 Å².